The number of carbonyl (C=O) groups excluding carboxylic acids is 1. The molecule has 1 amide bonds. The molecule has 0 bridgehead atoms. The molecule has 1 aromatic carbocycles. The standard InChI is InChI=1S/C13H17BrN2O3/c1-8(9-4-2-3-5-10(9)14)16-13(19)11(15)6-7-12(17)18/h2-5,8,11H,6-7,15H2,1H3,(H,16,19)(H,17,18). The second kappa shape index (κ2) is 7.25. The Morgan fingerprint density at radius 1 is 1.42 bits per heavy atom. The number of carboxylic acids is 1. The minimum Gasteiger partial charge on any atom is -0.481 e. The molecule has 0 heterocycles. The lowest BCUT2D eigenvalue weighted by Crippen LogP contribution is -2.41. The van der Waals surface area contributed by atoms with E-state index in [0.717, 1.165) is 10.0 Å². The first-order chi connectivity index (χ1) is 8.91. The molecule has 0 aliphatic rings. The molecule has 4 N–H and O–H groups in total. The van der Waals surface area contributed by atoms with Crippen LogP contribution in [-0.2, 0) is 9.59 Å². The lowest BCUT2D eigenvalue weighted by molar-refractivity contribution is -0.137. The Morgan fingerprint density at radius 2 is 2.05 bits per heavy atom. The zero-order valence-corrected chi connectivity index (χ0v) is 12.2. The number of hydrogen-bond donors (Lipinski definition) is 3. The summed E-state index contributed by atoms with van der Waals surface area (Å²) in [6.45, 7) is 1.85. The number of carbonyl (C=O) groups is 2. The smallest absolute Gasteiger partial charge is 0.303 e. The normalized spacial score (nSPS) is 13.6. The summed E-state index contributed by atoms with van der Waals surface area (Å²) < 4.78 is 0.905. The van der Waals surface area contributed by atoms with Gasteiger partial charge in [-0.15, -0.1) is 0 Å². The maximum absolute atomic E-state index is 11.8. The van der Waals surface area contributed by atoms with Crippen LogP contribution in [0.15, 0.2) is 28.7 Å². The van der Waals surface area contributed by atoms with Gasteiger partial charge in [0.05, 0.1) is 12.1 Å². The highest BCUT2D eigenvalue weighted by Crippen LogP contribution is 2.22. The monoisotopic (exact) mass is 328 g/mol. The van der Waals surface area contributed by atoms with Gasteiger partial charge in [-0.05, 0) is 25.0 Å². The van der Waals surface area contributed by atoms with Crippen molar-refractivity contribution in [3.8, 4) is 0 Å². The average Bonchev–Trinajstić information content (AvgIpc) is 2.36. The van der Waals surface area contributed by atoms with Gasteiger partial charge in [0.25, 0.3) is 0 Å². The summed E-state index contributed by atoms with van der Waals surface area (Å²) in [5.74, 6) is -1.30. The fourth-order valence-corrected chi connectivity index (χ4v) is 2.26. The largest absolute Gasteiger partial charge is 0.481 e. The molecular formula is C13H17BrN2O3. The zero-order valence-electron chi connectivity index (χ0n) is 10.6. The third-order valence-corrected chi connectivity index (χ3v) is 3.46. The van der Waals surface area contributed by atoms with Crippen LogP contribution < -0.4 is 11.1 Å². The van der Waals surface area contributed by atoms with E-state index >= 15 is 0 Å². The van der Waals surface area contributed by atoms with Crippen molar-refractivity contribution in [1.29, 1.82) is 0 Å². The Kier molecular flexibility index (Phi) is 5.98. The number of aliphatic carboxylic acids is 1. The van der Waals surface area contributed by atoms with Crippen molar-refractivity contribution < 1.29 is 14.7 Å². The Morgan fingerprint density at radius 3 is 2.63 bits per heavy atom. The maximum atomic E-state index is 11.8. The van der Waals surface area contributed by atoms with E-state index in [1.165, 1.54) is 0 Å². The van der Waals surface area contributed by atoms with Crippen LogP contribution in [0.2, 0.25) is 0 Å². The highest BCUT2D eigenvalue weighted by molar-refractivity contribution is 9.10. The molecule has 0 fully saturated rings. The molecule has 2 atom stereocenters. The van der Waals surface area contributed by atoms with Gasteiger partial charge in [0.15, 0.2) is 0 Å². The van der Waals surface area contributed by atoms with Crippen LogP contribution in [0.3, 0.4) is 0 Å². The minimum absolute atomic E-state index is 0.113. The van der Waals surface area contributed by atoms with Gasteiger partial charge < -0.3 is 16.2 Å². The number of rotatable bonds is 6. The highest BCUT2D eigenvalue weighted by atomic mass is 79.9. The summed E-state index contributed by atoms with van der Waals surface area (Å²) >= 11 is 3.41. The van der Waals surface area contributed by atoms with Crippen LogP contribution >= 0.6 is 15.9 Å². The van der Waals surface area contributed by atoms with Gasteiger partial charge in [-0.25, -0.2) is 0 Å². The molecule has 0 saturated carbocycles. The molecule has 5 nitrogen and oxygen atoms in total. The van der Waals surface area contributed by atoms with E-state index in [2.05, 4.69) is 21.2 Å². The summed E-state index contributed by atoms with van der Waals surface area (Å²) in [5.41, 5.74) is 6.59. The topological polar surface area (TPSA) is 92.4 Å². The fourth-order valence-electron chi connectivity index (χ4n) is 1.63. The molecule has 0 radical (unpaired) electrons. The third kappa shape index (κ3) is 5.00. The fraction of sp³-hybridized carbons (Fsp3) is 0.385. The Balaban J connectivity index is 2.57. The SMILES string of the molecule is CC(NC(=O)C(N)CCC(=O)O)c1ccccc1Br. The van der Waals surface area contributed by atoms with Crippen molar-refractivity contribution in [2.75, 3.05) is 0 Å². The number of benzene rings is 1. The Labute approximate surface area is 120 Å². The Bertz CT molecular complexity index is 465. The van der Waals surface area contributed by atoms with Crippen molar-refractivity contribution in [1.82, 2.24) is 5.32 Å². The van der Waals surface area contributed by atoms with Gasteiger partial charge in [-0.2, -0.15) is 0 Å². The molecule has 0 aliphatic heterocycles. The molecule has 0 saturated heterocycles. The van der Waals surface area contributed by atoms with Crippen LogP contribution in [0.5, 0.6) is 0 Å². The summed E-state index contributed by atoms with van der Waals surface area (Å²) in [5, 5.41) is 11.3. The second-order valence-corrected chi connectivity index (χ2v) is 5.15. The molecule has 0 spiro atoms. The van der Waals surface area contributed by atoms with Crippen molar-refractivity contribution in [3.05, 3.63) is 34.3 Å². The number of halogens is 1. The van der Waals surface area contributed by atoms with Crippen LogP contribution in [0.25, 0.3) is 0 Å². The first-order valence-corrected chi connectivity index (χ1v) is 6.73. The molecule has 6 heteroatoms. The van der Waals surface area contributed by atoms with Crippen molar-refractivity contribution in [2.45, 2.75) is 31.8 Å². The van der Waals surface area contributed by atoms with Crippen molar-refractivity contribution in [2.24, 2.45) is 5.73 Å². The summed E-state index contributed by atoms with van der Waals surface area (Å²) in [6, 6.07) is 6.56. The van der Waals surface area contributed by atoms with Gasteiger partial charge in [0, 0.05) is 10.9 Å². The predicted octanol–water partition coefficient (Wildman–Crippen LogP) is 1.82. The number of amides is 1. The number of nitrogens with one attached hydrogen (secondary N) is 1. The molecule has 1 rings (SSSR count). The first kappa shape index (κ1) is 15.7. The van der Waals surface area contributed by atoms with Gasteiger partial charge in [-0.3, -0.25) is 9.59 Å². The van der Waals surface area contributed by atoms with E-state index in [0.29, 0.717) is 0 Å². The van der Waals surface area contributed by atoms with Gasteiger partial charge in [-0.1, -0.05) is 34.1 Å². The van der Waals surface area contributed by atoms with Crippen LogP contribution in [0.4, 0.5) is 0 Å². The molecule has 2 unspecified atom stereocenters. The molecular weight excluding hydrogens is 312 g/mol. The van der Waals surface area contributed by atoms with Crippen LogP contribution in [0, 0.1) is 0 Å². The number of carboxylic acid groups (broad SMARTS) is 1. The maximum Gasteiger partial charge on any atom is 0.303 e. The van der Waals surface area contributed by atoms with Gasteiger partial charge >= 0.3 is 5.97 Å². The van der Waals surface area contributed by atoms with E-state index in [-0.39, 0.29) is 24.8 Å². The summed E-state index contributed by atoms with van der Waals surface area (Å²) in [7, 11) is 0. The second-order valence-electron chi connectivity index (χ2n) is 4.29. The average molecular weight is 329 g/mol. The number of hydrogen-bond acceptors (Lipinski definition) is 3. The molecule has 0 aliphatic carbocycles. The molecule has 0 aromatic heterocycles. The van der Waals surface area contributed by atoms with E-state index in [4.69, 9.17) is 10.8 Å². The summed E-state index contributed by atoms with van der Waals surface area (Å²) in [4.78, 5) is 22.2. The highest BCUT2D eigenvalue weighted by Gasteiger charge is 2.18. The van der Waals surface area contributed by atoms with E-state index in [1.54, 1.807) is 0 Å². The van der Waals surface area contributed by atoms with E-state index in [1.807, 2.05) is 31.2 Å². The van der Waals surface area contributed by atoms with Crippen molar-refractivity contribution >= 4 is 27.8 Å². The molecule has 104 valence electrons. The zero-order chi connectivity index (χ0) is 14.4. The van der Waals surface area contributed by atoms with E-state index < -0.39 is 12.0 Å². The summed E-state index contributed by atoms with van der Waals surface area (Å²) in [6.07, 6.45) is 0.0157. The van der Waals surface area contributed by atoms with Gasteiger partial charge in [0.1, 0.15) is 0 Å². The van der Waals surface area contributed by atoms with Crippen LogP contribution in [-0.4, -0.2) is 23.0 Å². The Hall–Kier alpha value is -1.40. The van der Waals surface area contributed by atoms with Crippen molar-refractivity contribution in [3.63, 3.8) is 0 Å². The van der Waals surface area contributed by atoms with E-state index in [9.17, 15) is 9.59 Å². The predicted molar refractivity (Wildman–Crippen MR) is 75.5 cm³/mol. The minimum atomic E-state index is -0.956. The first-order valence-electron chi connectivity index (χ1n) is 5.94. The lowest BCUT2D eigenvalue weighted by atomic mass is 10.1. The van der Waals surface area contributed by atoms with Crippen LogP contribution in [0.1, 0.15) is 31.4 Å². The quantitative estimate of drug-likeness (QED) is 0.742. The lowest BCUT2D eigenvalue weighted by Gasteiger charge is -2.18. The number of nitrogens with two attached hydrogens (primary N) is 1. The third-order valence-electron chi connectivity index (χ3n) is 2.74. The molecule has 19 heavy (non-hydrogen) atoms. The van der Waals surface area contributed by atoms with Gasteiger partial charge in [0.2, 0.25) is 5.91 Å². The molecule has 1 aromatic rings.